The fourth-order valence-electron chi connectivity index (χ4n) is 2.52. The van der Waals surface area contributed by atoms with Crippen molar-refractivity contribution in [2.75, 3.05) is 6.54 Å². The summed E-state index contributed by atoms with van der Waals surface area (Å²) in [6, 6.07) is 4.72. The molecule has 0 aliphatic carbocycles. The number of sulfonamides is 1. The lowest BCUT2D eigenvalue weighted by molar-refractivity contribution is 0.291. The minimum atomic E-state index is -3.48. The van der Waals surface area contributed by atoms with Crippen LogP contribution in [0.4, 0.5) is 0 Å². The van der Waals surface area contributed by atoms with Gasteiger partial charge in [0.05, 0.1) is 4.90 Å². The molecule has 2 rings (SSSR count). The third-order valence-electron chi connectivity index (χ3n) is 3.65. The van der Waals surface area contributed by atoms with Crippen molar-refractivity contribution in [2.45, 2.75) is 43.7 Å². The molecule has 1 aliphatic rings. The lowest BCUT2D eigenvalue weighted by Crippen LogP contribution is -2.42. The molecule has 0 atom stereocenters. The lowest BCUT2D eigenvalue weighted by atomic mass is 10.0. The summed E-state index contributed by atoms with van der Waals surface area (Å²) in [5, 5.41) is 0.502. The molecule has 2 N–H and O–H groups in total. The van der Waals surface area contributed by atoms with Crippen LogP contribution in [0, 0.1) is 0 Å². The van der Waals surface area contributed by atoms with Crippen molar-refractivity contribution in [2.24, 2.45) is 5.73 Å². The van der Waals surface area contributed by atoms with Gasteiger partial charge in [0.1, 0.15) is 0 Å². The molecule has 19 heavy (non-hydrogen) atoms. The Balaban J connectivity index is 2.45. The summed E-state index contributed by atoms with van der Waals surface area (Å²) in [7, 11) is -3.48. The zero-order valence-electron chi connectivity index (χ0n) is 11.2. The van der Waals surface area contributed by atoms with Crippen LogP contribution in [-0.2, 0) is 16.6 Å². The molecular formula is C13H19ClN2O2S. The second-order valence-electron chi connectivity index (χ2n) is 5.45. The maximum Gasteiger partial charge on any atom is 0.243 e. The zero-order valence-corrected chi connectivity index (χ0v) is 12.8. The Bertz CT molecular complexity index is 584. The van der Waals surface area contributed by atoms with E-state index >= 15 is 0 Å². The maximum atomic E-state index is 12.7. The highest BCUT2D eigenvalue weighted by atomic mass is 35.5. The van der Waals surface area contributed by atoms with Gasteiger partial charge < -0.3 is 5.73 Å². The first-order valence-electron chi connectivity index (χ1n) is 6.30. The van der Waals surface area contributed by atoms with Crippen molar-refractivity contribution in [3.63, 3.8) is 0 Å². The topological polar surface area (TPSA) is 63.4 Å². The molecule has 106 valence electrons. The van der Waals surface area contributed by atoms with Gasteiger partial charge in [0.2, 0.25) is 10.0 Å². The number of nitrogens with zero attached hydrogens (tertiary/aromatic N) is 1. The van der Waals surface area contributed by atoms with E-state index in [-0.39, 0.29) is 17.0 Å². The van der Waals surface area contributed by atoms with Gasteiger partial charge in [-0.2, -0.15) is 4.31 Å². The Labute approximate surface area is 119 Å². The number of nitrogens with two attached hydrogens (primary N) is 1. The molecule has 1 fully saturated rings. The summed E-state index contributed by atoms with van der Waals surface area (Å²) in [4.78, 5) is 0.271. The van der Waals surface area contributed by atoms with Crippen molar-refractivity contribution in [3.05, 3.63) is 28.8 Å². The molecule has 1 saturated heterocycles. The van der Waals surface area contributed by atoms with Gasteiger partial charge in [0, 0.05) is 23.7 Å². The monoisotopic (exact) mass is 302 g/mol. The Hall–Kier alpha value is -0.620. The van der Waals surface area contributed by atoms with Crippen LogP contribution in [-0.4, -0.2) is 24.8 Å². The quantitative estimate of drug-likeness (QED) is 0.932. The van der Waals surface area contributed by atoms with Crippen molar-refractivity contribution in [1.29, 1.82) is 0 Å². The van der Waals surface area contributed by atoms with Crippen molar-refractivity contribution < 1.29 is 8.42 Å². The van der Waals surface area contributed by atoms with E-state index in [1.807, 2.05) is 13.8 Å². The number of hydrogen-bond donors (Lipinski definition) is 1. The van der Waals surface area contributed by atoms with Crippen LogP contribution in [0.5, 0.6) is 0 Å². The SMILES string of the molecule is CC1(C)CCCN1S(=O)(=O)c1ccc(Cl)c(CN)c1. The van der Waals surface area contributed by atoms with Gasteiger partial charge in [-0.3, -0.25) is 0 Å². The first kappa shape index (κ1) is 14.8. The third kappa shape index (κ3) is 2.65. The first-order chi connectivity index (χ1) is 8.79. The molecule has 0 unspecified atom stereocenters. The van der Waals surface area contributed by atoms with Gasteiger partial charge in [-0.1, -0.05) is 11.6 Å². The van der Waals surface area contributed by atoms with Gasteiger partial charge in [-0.15, -0.1) is 0 Å². The van der Waals surface area contributed by atoms with Crippen molar-refractivity contribution in [1.82, 2.24) is 4.31 Å². The van der Waals surface area contributed by atoms with Gasteiger partial charge in [0.15, 0.2) is 0 Å². The molecule has 0 saturated carbocycles. The smallest absolute Gasteiger partial charge is 0.243 e. The van der Waals surface area contributed by atoms with Gasteiger partial charge in [-0.25, -0.2) is 8.42 Å². The summed E-state index contributed by atoms with van der Waals surface area (Å²) < 4.78 is 26.9. The summed E-state index contributed by atoms with van der Waals surface area (Å²) in [6.45, 7) is 4.70. The standard InChI is InChI=1S/C13H19ClN2O2S/c1-13(2)6-3-7-16(13)19(17,18)11-4-5-12(14)10(8-11)9-15/h4-5,8H,3,6-7,9,15H2,1-2H3. The molecule has 0 spiro atoms. The molecule has 1 aromatic carbocycles. The fraction of sp³-hybridized carbons (Fsp3) is 0.538. The Morgan fingerprint density at radius 1 is 1.42 bits per heavy atom. The van der Waals surface area contributed by atoms with E-state index in [9.17, 15) is 8.42 Å². The maximum absolute atomic E-state index is 12.7. The highest BCUT2D eigenvalue weighted by Gasteiger charge is 2.40. The van der Waals surface area contributed by atoms with Crippen LogP contribution in [0.3, 0.4) is 0 Å². The molecule has 0 bridgehead atoms. The molecule has 1 heterocycles. The van der Waals surface area contributed by atoms with E-state index in [4.69, 9.17) is 17.3 Å². The van der Waals surface area contributed by atoms with Crippen molar-refractivity contribution in [3.8, 4) is 0 Å². The van der Waals surface area contributed by atoms with Crippen LogP contribution in [0.15, 0.2) is 23.1 Å². The molecule has 4 nitrogen and oxygen atoms in total. The van der Waals surface area contributed by atoms with Gasteiger partial charge in [0.25, 0.3) is 0 Å². The molecule has 0 amide bonds. The molecule has 1 aliphatic heterocycles. The minimum Gasteiger partial charge on any atom is -0.326 e. The third-order valence-corrected chi connectivity index (χ3v) is 6.13. The van der Waals surface area contributed by atoms with E-state index in [1.165, 1.54) is 0 Å². The zero-order chi connectivity index (χ0) is 14.3. The number of hydrogen-bond acceptors (Lipinski definition) is 3. The summed E-state index contributed by atoms with van der Waals surface area (Å²) in [5.41, 5.74) is 5.90. The molecule has 1 aromatic rings. The van der Waals surface area contributed by atoms with Crippen LogP contribution in [0.25, 0.3) is 0 Å². The summed E-state index contributed by atoms with van der Waals surface area (Å²) in [5.74, 6) is 0. The van der Waals surface area contributed by atoms with Crippen LogP contribution < -0.4 is 5.73 Å². The Morgan fingerprint density at radius 3 is 2.63 bits per heavy atom. The lowest BCUT2D eigenvalue weighted by Gasteiger charge is -2.30. The van der Waals surface area contributed by atoms with Crippen molar-refractivity contribution >= 4 is 21.6 Å². The second-order valence-corrected chi connectivity index (χ2v) is 7.72. The molecule has 6 heteroatoms. The summed E-state index contributed by atoms with van der Waals surface area (Å²) >= 11 is 5.97. The van der Waals surface area contributed by atoms with E-state index < -0.39 is 10.0 Å². The molecule has 0 aromatic heterocycles. The number of benzene rings is 1. The normalized spacial score (nSPS) is 19.8. The Morgan fingerprint density at radius 2 is 2.11 bits per heavy atom. The predicted molar refractivity (Wildman–Crippen MR) is 76.5 cm³/mol. The number of rotatable bonds is 3. The average molecular weight is 303 g/mol. The number of halogens is 1. The Kier molecular flexibility index (Phi) is 3.93. The van der Waals surface area contributed by atoms with Crippen LogP contribution in [0.2, 0.25) is 5.02 Å². The minimum absolute atomic E-state index is 0.228. The molecule has 0 radical (unpaired) electrons. The van der Waals surface area contributed by atoms with E-state index in [0.717, 1.165) is 12.8 Å². The van der Waals surface area contributed by atoms with E-state index in [1.54, 1.807) is 22.5 Å². The molecular weight excluding hydrogens is 284 g/mol. The van der Waals surface area contributed by atoms with Gasteiger partial charge >= 0.3 is 0 Å². The highest BCUT2D eigenvalue weighted by molar-refractivity contribution is 7.89. The highest BCUT2D eigenvalue weighted by Crippen LogP contribution is 2.34. The summed E-state index contributed by atoms with van der Waals surface area (Å²) in [6.07, 6.45) is 1.77. The van der Waals surface area contributed by atoms with E-state index in [0.29, 0.717) is 17.1 Å². The largest absolute Gasteiger partial charge is 0.326 e. The van der Waals surface area contributed by atoms with Crippen LogP contribution in [0.1, 0.15) is 32.3 Å². The van der Waals surface area contributed by atoms with E-state index in [2.05, 4.69) is 0 Å². The van der Waals surface area contributed by atoms with Gasteiger partial charge in [-0.05, 0) is 50.5 Å². The second kappa shape index (κ2) is 5.05. The van der Waals surface area contributed by atoms with Crippen LogP contribution >= 0.6 is 11.6 Å². The first-order valence-corrected chi connectivity index (χ1v) is 8.12. The fourth-order valence-corrected chi connectivity index (χ4v) is 4.62. The predicted octanol–water partition coefficient (Wildman–Crippen LogP) is 2.36. The average Bonchev–Trinajstić information content (AvgIpc) is 2.70.